The molecule has 3 aromatic rings. The Morgan fingerprint density at radius 2 is 1.95 bits per heavy atom. The summed E-state index contributed by atoms with van der Waals surface area (Å²) in [5.74, 6) is 0. The third-order valence-electron chi connectivity index (χ3n) is 3.26. The van der Waals surface area contributed by atoms with Gasteiger partial charge in [-0.25, -0.2) is 0 Å². The van der Waals surface area contributed by atoms with E-state index in [4.69, 9.17) is 0 Å². The smallest absolute Gasteiger partial charge is 0.0907 e. The molecule has 0 aliphatic rings. The van der Waals surface area contributed by atoms with Gasteiger partial charge in [0.2, 0.25) is 0 Å². The van der Waals surface area contributed by atoms with Gasteiger partial charge in [0.1, 0.15) is 0 Å². The van der Waals surface area contributed by atoms with Crippen molar-refractivity contribution in [2.75, 3.05) is 5.32 Å². The van der Waals surface area contributed by atoms with E-state index < -0.39 is 0 Å². The molecule has 0 saturated heterocycles. The van der Waals surface area contributed by atoms with E-state index >= 15 is 0 Å². The van der Waals surface area contributed by atoms with Crippen LogP contribution in [0.1, 0.15) is 18.9 Å². The van der Waals surface area contributed by atoms with Crippen LogP contribution < -0.4 is 5.32 Å². The summed E-state index contributed by atoms with van der Waals surface area (Å²) in [6.07, 6.45) is 8.91. The predicted octanol–water partition coefficient (Wildman–Crippen LogP) is 3.45. The second-order valence-electron chi connectivity index (χ2n) is 4.87. The molecule has 2 heterocycles. The van der Waals surface area contributed by atoms with Crippen LogP contribution in [-0.4, -0.2) is 14.5 Å². The minimum atomic E-state index is 0.822. The van der Waals surface area contributed by atoms with Gasteiger partial charge in [-0.2, -0.15) is 0 Å². The van der Waals surface area contributed by atoms with Crippen molar-refractivity contribution in [3.8, 4) is 0 Å². The highest BCUT2D eigenvalue weighted by molar-refractivity contribution is 5.78. The fourth-order valence-corrected chi connectivity index (χ4v) is 2.27. The molecule has 0 saturated carbocycles. The molecule has 0 amide bonds. The summed E-state index contributed by atoms with van der Waals surface area (Å²) in [5, 5.41) is 3.43. The molecule has 2 aromatic heterocycles. The lowest BCUT2D eigenvalue weighted by Gasteiger charge is -2.06. The zero-order valence-corrected chi connectivity index (χ0v) is 11.6. The van der Waals surface area contributed by atoms with E-state index in [-0.39, 0.29) is 0 Å². The monoisotopic (exact) mass is 266 g/mol. The standard InChI is InChI=1S/C16H18N4/c1-2-8-20-9-5-13(12-20)11-19-14-3-4-15-16(10-14)18-7-6-17-15/h3-7,9-10,12,19H,2,8,11H2,1H3. The van der Waals surface area contributed by atoms with Crippen LogP contribution in [0.4, 0.5) is 5.69 Å². The first-order valence-corrected chi connectivity index (χ1v) is 6.94. The van der Waals surface area contributed by atoms with E-state index in [1.807, 2.05) is 18.2 Å². The molecule has 4 heteroatoms. The van der Waals surface area contributed by atoms with E-state index in [0.717, 1.165) is 36.2 Å². The van der Waals surface area contributed by atoms with Crippen molar-refractivity contribution in [1.82, 2.24) is 14.5 Å². The van der Waals surface area contributed by atoms with Crippen molar-refractivity contribution in [3.63, 3.8) is 0 Å². The number of aryl methyl sites for hydroxylation is 1. The Morgan fingerprint density at radius 1 is 1.10 bits per heavy atom. The van der Waals surface area contributed by atoms with Crippen LogP contribution in [-0.2, 0) is 13.1 Å². The van der Waals surface area contributed by atoms with Gasteiger partial charge in [0, 0.05) is 43.6 Å². The Hall–Kier alpha value is -2.36. The number of nitrogens with one attached hydrogen (secondary N) is 1. The number of anilines is 1. The van der Waals surface area contributed by atoms with Gasteiger partial charge >= 0.3 is 0 Å². The van der Waals surface area contributed by atoms with Crippen LogP contribution in [0.3, 0.4) is 0 Å². The molecular formula is C16H18N4. The molecule has 20 heavy (non-hydrogen) atoms. The van der Waals surface area contributed by atoms with Crippen molar-refractivity contribution in [2.24, 2.45) is 0 Å². The quantitative estimate of drug-likeness (QED) is 0.769. The Labute approximate surface area is 118 Å². The van der Waals surface area contributed by atoms with Crippen molar-refractivity contribution < 1.29 is 0 Å². The van der Waals surface area contributed by atoms with Crippen LogP contribution in [0.25, 0.3) is 11.0 Å². The molecule has 0 radical (unpaired) electrons. The van der Waals surface area contributed by atoms with Gasteiger partial charge in [0.25, 0.3) is 0 Å². The molecule has 0 aliphatic carbocycles. The largest absolute Gasteiger partial charge is 0.381 e. The maximum atomic E-state index is 4.32. The van der Waals surface area contributed by atoms with Crippen LogP contribution in [0.2, 0.25) is 0 Å². The predicted molar refractivity (Wildman–Crippen MR) is 81.6 cm³/mol. The number of aromatic nitrogens is 3. The van der Waals surface area contributed by atoms with Crippen LogP contribution >= 0.6 is 0 Å². The van der Waals surface area contributed by atoms with E-state index in [1.165, 1.54) is 5.56 Å². The summed E-state index contributed by atoms with van der Waals surface area (Å²) in [4.78, 5) is 8.59. The molecule has 0 unspecified atom stereocenters. The highest BCUT2D eigenvalue weighted by Crippen LogP contribution is 2.16. The number of benzene rings is 1. The van der Waals surface area contributed by atoms with E-state index in [9.17, 15) is 0 Å². The zero-order chi connectivity index (χ0) is 13.8. The summed E-state index contributed by atoms with van der Waals surface area (Å²) in [6, 6.07) is 8.22. The number of rotatable bonds is 5. The minimum absolute atomic E-state index is 0.822. The van der Waals surface area contributed by atoms with E-state index in [2.05, 4.69) is 45.2 Å². The molecule has 0 atom stereocenters. The lowest BCUT2D eigenvalue weighted by Crippen LogP contribution is -1.99. The number of hydrogen-bond donors (Lipinski definition) is 1. The first-order chi connectivity index (χ1) is 9.85. The fraction of sp³-hybridized carbons (Fsp3) is 0.250. The lowest BCUT2D eigenvalue weighted by atomic mass is 10.2. The number of nitrogens with zero attached hydrogens (tertiary/aromatic N) is 3. The van der Waals surface area contributed by atoms with Gasteiger partial charge in [-0.3, -0.25) is 9.97 Å². The molecule has 0 aliphatic heterocycles. The third kappa shape index (κ3) is 2.79. The highest BCUT2D eigenvalue weighted by atomic mass is 14.9. The highest BCUT2D eigenvalue weighted by Gasteiger charge is 2.00. The second-order valence-corrected chi connectivity index (χ2v) is 4.87. The normalized spacial score (nSPS) is 10.8. The van der Waals surface area contributed by atoms with Crippen LogP contribution in [0, 0.1) is 0 Å². The summed E-state index contributed by atoms with van der Waals surface area (Å²) in [6.45, 7) is 4.09. The molecule has 0 fully saturated rings. The maximum Gasteiger partial charge on any atom is 0.0907 e. The molecule has 3 rings (SSSR count). The summed E-state index contributed by atoms with van der Waals surface area (Å²) >= 11 is 0. The Morgan fingerprint density at radius 3 is 2.80 bits per heavy atom. The average molecular weight is 266 g/mol. The number of fused-ring (bicyclic) bond motifs is 1. The molecule has 1 aromatic carbocycles. The SMILES string of the molecule is CCCn1ccc(CNc2ccc3nccnc3c2)c1. The first-order valence-electron chi connectivity index (χ1n) is 6.94. The zero-order valence-electron chi connectivity index (χ0n) is 11.6. The van der Waals surface area contributed by atoms with Gasteiger partial charge in [-0.05, 0) is 36.2 Å². The van der Waals surface area contributed by atoms with Crippen molar-refractivity contribution in [2.45, 2.75) is 26.4 Å². The summed E-state index contributed by atoms with van der Waals surface area (Å²) in [7, 11) is 0. The lowest BCUT2D eigenvalue weighted by molar-refractivity contribution is 0.682. The topological polar surface area (TPSA) is 42.7 Å². The van der Waals surface area contributed by atoms with Crippen molar-refractivity contribution >= 4 is 16.7 Å². The maximum absolute atomic E-state index is 4.32. The van der Waals surface area contributed by atoms with E-state index in [0.29, 0.717) is 0 Å². The average Bonchev–Trinajstić information content (AvgIpc) is 2.93. The van der Waals surface area contributed by atoms with Crippen molar-refractivity contribution in [1.29, 1.82) is 0 Å². The molecular weight excluding hydrogens is 248 g/mol. The van der Waals surface area contributed by atoms with Crippen LogP contribution in [0.15, 0.2) is 49.1 Å². The Kier molecular flexibility index (Phi) is 3.63. The van der Waals surface area contributed by atoms with Gasteiger partial charge in [0.05, 0.1) is 11.0 Å². The summed E-state index contributed by atoms with van der Waals surface area (Å²) < 4.78 is 2.23. The summed E-state index contributed by atoms with van der Waals surface area (Å²) in [5.41, 5.74) is 4.20. The Bertz CT molecular complexity index is 702. The number of hydrogen-bond acceptors (Lipinski definition) is 3. The fourth-order valence-electron chi connectivity index (χ4n) is 2.27. The molecule has 0 bridgehead atoms. The van der Waals surface area contributed by atoms with Gasteiger partial charge in [-0.15, -0.1) is 0 Å². The van der Waals surface area contributed by atoms with E-state index in [1.54, 1.807) is 12.4 Å². The van der Waals surface area contributed by atoms with Crippen LogP contribution in [0.5, 0.6) is 0 Å². The third-order valence-corrected chi connectivity index (χ3v) is 3.26. The molecule has 0 spiro atoms. The minimum Gasteiger partial charge on any atom is -0.381 e. The second kappa shape index (κ2) is 5.74. The van der Waals surface area contributed by atoms with Gasteiger partial charge in [-0.1, -0.05) is 6.92 Å². The van der Waals surface area contributed by atoms with Gasteiger partial charge < -0.3 is 9.88 Å². The first kappa shape index (κ1) is 12.7. The molecule has 102 valence electrons. The van der Waals surface area contributed by atoms with Gasteiger partial charge in [0.15, 0.2) is 0 Å². The molecule has 1 N–H and O–H groups in total. The Balaban J connectivity index is 1.69. The van der Waals surface area contributed by atoms with Crippen molar-refractivity contribution in [3.05, 3.63) is 54.6 Å². The molecule has 4 nitrogen and oxygen atoms in total.